The van der Waals surface area contributed by atoms with E-state index in [1.807, 2.05) is 27.7 Å². The van der Waals surface area contributed by atoms with Gasteiger partial charge in [-0.3, -0.25) is 9.59 Å². The van der Waals surface area contributed by atoms with Gasteiger partial charge >= 0.3 is 5.97 Å². The van der Waals surface area contributed by atoms with Gasteiger partial charge in [-0.15, -0.1) is 0 Å². The van der Waals surface area contributed by atoms with Crippen molar-refractivity contribution in [2.24, 2.45) is 0 Å². The third-order valence-electron chi connectivity index (χ3n) is 3.35. The van der Waals surface area contributed by atoms with Crippen LogP contribution in [0.1, 0.15) is 56.1 Å². The number of carboxylic acids is 1. The Morgan fingerprint density at radius 1 is 1.29 bits per heavy atom. The summed E-state index contributed by atoms with van der Waals surface area (Å²) < 4.78 is 1.24. The SMILES string of the molecule is CCC(C)NC(=O)Cn1c(C(C)C)ccc(C(=O)O)c1=O. The molecule has 0 saturated carbocycles. The largest absolute Gasteiger partial charge is 0.477 e. The molecular weight excluding hydrogens is 272 g/mol. The number of pyridine rings is 1. The van der Waals surface area contributed by atoms with E-state index in [0.717, 1.165) is 6.42 Å². The number of carbonyl (C=O) groups is 2. The summed E-state index contributed by atoms with van der Waals surface area (Å²) in [5.41, 5.74) is -0.326. The molecule has 6 heteroatoms. The van der Waals surface area contributed by atoms with Gasteiger partial charge in [0.2, 0.25) is 5.91 Å². The highest BCUT2D eigenvalue weighted by molar-refractivity contribution is 5.87. The fraction of sp³-hybridized carbons (Fsp3) is 0.533. The molecule has 0 aliphatic carbocycles. The van der Waals surface area contributed by atoms with Gasteiger partial charge in [-0.05, 0) is 31.4 Å². The molecule has 116 valence electrons. The second-order valence-corrected chi connectivity index (χ2v) is 5.40. The maximum atomic E-state index is 12.2. The zero-order valence-electron chi connectivity index (χ0n) is 12.8. The minimum absolute atomic E-state index is 0.0111. The normalized spacial score (nSPS) is 12.2. The van der Waals surface area contributed by atoms with Crippen LogP contribution in [0.25, 0.3) is 0 Å². The van der Waals surface area contributed by atoms with E-state index in [-0.39, 0.29) is 30.0 Å². The van der Waals surface area contributed by atoms with E-state index in [1.54, 1.807) is 6.07 Å². The molecule has 0 aliphatic rings. The zero-order chi connectivity index (χ0) is 16.2. The number of amides is 1. The molecule has 1 heterocycles. The Balaban J connectivity index is 3.19. The summed E-state index contributed by atoms with van der Waals surface area (Å²) in [6.45, 7) is 7.42. The minimum Gasteiger partial charge on any atom is -0.477 e. The Bertz CT molecular complexity index is 590. The Hall–Kier alpha value is -2.11. The second-order valence-electron chi connectivity index (χ2n) is 5.40. The number of carbonyl (C=O) groups excluding carboxylic acids is 1. The van der Waals surface area contributed by atoms with Gasteiger partial charge in [0, 0.05) is 11.7 Å². The number of rotatable bonds is 6. The number of aromatic nitrogens is 1. The monoisotopic (exact) mass is 294 g/mol. The van der Waals surface area contributed by atoms with Crippen molar-refractivity contribution < 1.29 is 14.7 Å². The van der Waals surface area contributed by atoms with Crippen molar-refractivity contribution in [1.29, 1.82) is 0 Å². The van der Waals surface area contributed by atoms with E-state index in [9.17, 15) is 14.4 Å². The van der Waals surface area contributed by atoms with Crippen LogP contribution in [0.15, 0.2) is 16.9 Å². The number of nitrogens with zero attached hydrogens (tertiary/aromatic N) is 1. The molecule has 6 nitrogen and oxygen atoms in total. The summed E-state index contributed by atoms with van der Waals surface area (Å²) in [4.78, 5) is 35.3. The molecule has 0 spiro atoms. The fourth-order valence-electron chi connectivity index (χ4n) is 1.99. The van der Waals surface area contributed by atoms with Crippen LogP contribution in [0.5, 0.6) is 0 Å². The van der Waals surface area contributed by atoms with Crippen molar-refractivity contribution in [2.45, 2.75) is 52.6 Å². The van der Waals surface area contributed by atoms with Crippen LogP contribution in [0.4, 0.5) is 0 Å². The molecule has 0 saturated heterocycles. The maximum Gasteiger partial charge on any atom is 0.341 e. The topological polar surface area (TPSA) is 88.4 Å². The molecule has 1 unspecified atom stereocenters. The maximum absolute atomic E-state index is 12.2. The number of hydrogen-bond acceptors (Lipinski definition) is 3. The van der Waals surface area contributed by atoms with Gasteiger partial charge in [-0.25, -0.2) is 4.79 Å². The van der Waals surface area contributed by atoms with E-state index < -0.39 is 11.5 Å². The lowest BCUT2D eigenvalue weighted by molar-refractivity contribution is -0.122. The van der Waals surface area contributed by atoms with Gasteiger partial charge in [0.05, 0.1) is 0 Å². The second kappa shape index (κ2) is 7.06. The number of aromatic carboxylic acids is 1. The first-order valence-electron chi connectivity index (χ1n) is 7.04. The number of carboxylic acid groups (broad SMARTS) is 1. The van der Waals surface area contributed by atoms with Crippen molar-refractivity contribution in [3.63, 3.8) is 0 Å². The van der Waals surface area contributed by atoms with Gasteiger partial charge in [-0.1, -0.05) is 20.8 Å². The van der Waals surface area contributed by atoms with Crippen LogP contribution >= 0.6 is 0 Å². The summed E-state index contributed by atoms with van der Waals surface area (Å²) in [6, 6.07) is 2.90. The molecule has 0 aliphatic heterocycles. The standard InChI is InChI=1S/C15H22N2O4/c1-5-10(4)16-13(18)8-17-12(9(2)3)7-6-11(14(17)19)15(20)21/h6-7,9-10H,5,8H2,1-4H3,(H,16,18)(H,20,21). The van der Waals surface area contributed by atoms with Gasteiger partial charge < -0.3 is 15.0 Å². The van der Waals surface area contributed by atoms with Crippen LogP contribution in [0, 0.1) is 0 Å². The Kier molecular flexibility index (Phi) is 5.69. The lowest BCUT2D eigenvalue weighted by Gasteiger charge is -2.17. The van der Waals surface area contributed by atoms with Crippen molar-refractivity contribution in [1.82, 2.24) is 9.88 Å². The van der Waals surface area contributed by atoms with Crippen molar-refractivity contribution >= 4 is 11.9 Å². The molecule has 1 rings (SSSR count). The lowest BCUT2D eigenvalue weighted by atomic mass is 10.1. The van der Waals surface area contributed by atoms with Gasteiger partial charge in [0.1, 0.15) is 12.1 Å². The number of hydrogen-bond donors (Lipinski definition) is 2. The van der Waals surface area contributed by atoms with Crippen molar-refractivity contribution in [3.8, 4) is 0 Å². The van der Waals surface area contributed by atoms with E-state index in [0.29, 0.717) is 5.69 Å². The van der Waals surface area contributed by atoms with Crippen LogP contribution in [0.3, 0.4) is 0 Å². The van der Waals surface area contributed by atoms with E-state index >= 15 is 0 Å². The van der Waals surface area contributed by atoms with Gasteiger partial charge in [0.15, 0.2) is 0 Å². The highest BCUT2D eigenvalue weighted by atomic mass is 16.4. The van der Waals surface area contributed by atoms with E-state index in [2.05, 4.69) is 5.32 Å². The molecule has 2 N–H and O–H groups in total. The summed E-state index contributed by atoms with van der Waals surface area (Å²) in [5, 5.41) is 11.8. The predicted octanol–water partition coefficient (Wildman–Crippen LogP) is 1.58. The zero-order valence-corrected chi connectivity index (χ0v) is 12.8. The molecule has 0 bridgehead atoms. The quantitative estimate of drug-likeness (QED) is 0.833. The summed E-state index contributed by atoms with van der Waals surface area (Å²) >= 11 is 0. The highest BCUT2D eigenvalue weighted by Gasteiger charge is 2.18. The lowest BCUT2D eigenvalue weighted by Crippen LogP contribution is -2.39. The third kappa shape index (κ3) is 4.18. The number of nitrogens with one attached hydrogen (secondary N) is 1. The molecule has 21 heavy (non-hydrogen) atoms. The minimum atomic E-state index is -1.29. The predicted molar refractivity (Wildman–Crippen MR) is 79.6 cm³/mol. The molecule has 0 fully saturated rings. The molecule has 0 radical (unpaired) electrons. The van der Waals surface area contributed by atoms with E-state index in [1.165, 1.54) is 10.6 Å². The summed E-state index contributed by atoms with van der Waals surface area (Å²) in [6.07, 6.45) is 0.785. The van der Waals surface area contributed by atoms with Gasteiger partial charge in [-0.2, -0.15) is 0 Å². The highest BCUT2D eigenvalue weighted by Crippen LogP contribution is 2.13. The van der Waals surface area contributed by atoms with Crippen LogP contribution in [-0.2, 0) is 11.3 Å². The summed E-state index contributed by atoms with van der Waals surface area (Å²) in [5.74, 6) is -1.57. The van der Waals surface area contributed by atoms with Crippen molar-refractivity contribution in [3.05, 3.63) is 33.7 Å². The molecule has 0 aromatic carbocycles. The Morgan fingerprint density at radius 3 is 2.38 bits per heavy atom. The first kappa shape index (κ1) is 16.9. The molecule has 1 aromatic heterocycles. The van der Waals surface area contributed by atoms with Crippen LogP contribution in [0.2, 0.25) is 0 Å². The molecule has 1 atom stereocenters. The summed E-state index contributed by atoms with van der Waals surface area (Å²) in [7, 11) is 0. The van der Waals surface area contributed by atoms with Crippen LogP contribution in [-0.4, -0.2) is 27.6 Å². The first-order chi connectivity index (χ1) is 9.77. The smallest absolute Gasteiger partial charge is 0.341 e. The molecule has 1 amide bonds. The average molecular weight is 294 g/mol. The van der Waals surface area contributed by atoms with Crippen LogP contribution < -0.4 is 10.9 Å². The van der Waals surface area contributed by atoms with Gasteiger partial charge in [0.25, 0.3) is 5.56 Å². The molecular formula is C15H22N2O4. The van der Waals surface area contributed by atoms with E-state index in [4.69, 9.17) is 5.11 Å². The van der Waals surface area contributed by atoms with Crippen molar-refractivity contribution in [2.75, 3.05) is 0 Å². The first-order valence-corrected chi connectivity index (χ1v) is 7.04. The average Bonchev–Trinajstić information content (AvgIpc) is 2.39. The Labute approximate surface area is 123 Å². The third-order valence-corrected chi connectivity index (χ3v) is 3.35. The Morgan fingerprint density at radius 2 is 1.90 bits per heavy atom. The fourth-order valence-corrected chi connectivity index (χ4v) is 1.99. The molecule has 1 aromatic rings.